The lowest BCUT2D eigenvalue weighted by Crippen LogP contribution is -2.28. The van der Waals surface area contributed by atoms with Crippen LogP contribution in [0.3, 0.4) is 0 Å². The summed E-state index contributed by atoms with van der Waals surface area (Å²) >= 11 is 3.65. The molecule has 0 aliphatic carbocycles. The van der Waals surface area contributed by atoms with E-state index < -0.39 is 7.14 Å². The van der Waals surface area contributed by atoms with Gasteiger partial charge in [-0.05, 0) is 65.5 Å². The molecule has 0 spiro atoms. The summed E-state index contributed by atoms with van der Waals surface area (Å²) in [5.74, 6) is 0. The quantitative estimate of drug-likeness (QED) is 0.566. The molecule has 0 amide bonds. The smallest absolute Gasteiger partial charge is 0.172 e. The van der Waals surface area contributed by atoms with Crippen LogP contribution in [-0.2, 0) is 4.57 Å². The largest absolute Gasteiger partial charge is 0.309 e. The van der Waals surface area contributed by atoms with Crippen LogP contribution in [0, 0.1) is 20.8 Å². The molecule has 0 aliphatic heterocycles. The molecular weight excluding hydrogens is 379 g/mol. The molecule has 0 bridgehead atoms. The molecule has 0 saturated heterocycles. The van der Waals surface area contributed by atoms with E-state index in [-0.39, 0.29) is 0 Å². The van der Waals surface area contributed by atoms with E-state index in [0.717, 1.165) is 37.1 Å². The molecule has 0 N–H and O–H groups in total. The van der Waals surface area contributed by atoms with Gasteiger partial charge in [-0.2, -0.15) is 0 Å². The molecule has 122 valence electrons. The van der Waals surface area contributed by atoms with E-state index in [9.17, 15) is 4.57 Å². The van der Waals surface area contributed by atoms with E-state index >= 15 is 0 Å². The molecule has 0 fully saturated rings. The lowest BCUT2D eigenvalue weighted by Gasteiger charge is -2.24. The zero-order valence-electron chi connectivity index (χ0n) is 14.1. The van der Waals surface area contributed by atoms with Crippen molar-refractivity contribution in [2.45, 2.75) is 20.8 Å². The second kappa shape index (κ2) is 6.70. The van der Waals surface area contributed by atoms with Crippen LogP contribution in [0.2, 0.25) is 0 Å². The zero-order valence-corrected chi connectivity index (χ0v) is 16.6. The van der Waals surface area contributed by atoms with Crippen LogP contribution in [0.1, 0.15) is 16.7 Å². The maximum absolute atomic E-state index is 14.6. The molecule has 0 aromatic heterocycles. The second-order valence-electron chi connectivity index (χ2n) is 6.14. The highest BCUT2D eigenvalue weighted by atomic mass is 79.9. The average Bonchev–Trinajstić information content (AvgIpc) is 2.55. The fourth-order valence-corrected chi connectivity index (χ4v) is 7.50. The maximum Gasteiger partial charge on any atom is 0.172 e. The molecule has 0 aliphatic rings. The first-order valence-corrected chi connectivity index (χ1v) is 10.4. The lowest BCUT2D eigenvalue weighted by atomic mass is 10.2. The maximum atomic E-state index is 14.6. The lowest BCUT2D eigenvalue weighted by molar-refractivity contribution is 0.592. The molecule has 3 rings (SSSR count). The van der Waals surface area contributed by atoms with Crippen molar-refractivity contribution in [2.24, 2.45) is 0 Å². The molecule has 0 saturated carbocycles. The van der Waals surface area contributed by atoms with Gasteiger partial charge in [0.15, 0.2) is 7.14 Å². The predicted molar refractivity (Wildman–Crippen MR) is 108 cm³/mol. The van der Waals surface area contributed by atoms with E-state index in [1.807, 2.05) is 87.5 Å². The van der Waals surface area contributed by atoms with Gasteiger partial charge >= 0.3 is 0 Å². The predicted octanol–water partition coefficient (Wildman–Crippen LogP) is 5.01. The molecule has 3 aromatic carbocycles. The summed E-state index contributed by atoms with van der Waals surface area (Å²) in [6.45, 7) is 6.10. The number of rotatable bonds is 3. The summed E-state index contributed by atoms with van der Waals surface area (Å²) in [4.78, 5) is 0. The van der Waals surface area contributed by atoms with Crippen molar-refractivity contribution >= 4 is 39.0 Å². The number of hydrogen-bond donors (Lipinski definition) is 0. The Morgan fingerprint density at radius 3 is 1.67 bits per heavy atom. The van der Waals surface area contributed by atoms with Crippen molar-refractivity contribution in [1.82, 2.24) is 0 Å². The van der Waals surface area contributed by atoms with Gasteiger partial charge in [0.25, 0.3) is 0 Å². The first kappa shape index (κ1) is 17.2. The minimum absolute atomic E-state index is 0.858. The standard InChI is InChI=1S/C21H20BrOP/c1-15-12-13-21(18(22)14-15)24(23,19-10-6-4-8-16(19)2)20-11-7-5-9-17(20)3/h4-14H,1-3H3. The van der Waals surface area contributed by atoms with Crippen LogP contribution >= 0.6 is 23.1 Å². The Kier molecular flexibility index (Phi) is 4.80. The van der Waals surface area contributed by atoms with E-state index in [1.54, 1.807) is 0 Å². The molecule has 0 atom stereocenters. The van der Waals surface area contributed by atoms with E-state index in [1.165, 1.54) is 0 Å². The van der Waals surface area contributed by atoms with Gasteiger partial charge in [0.2, 0.25) is 0 Å². The van der Waals surface area contributed by atoms with Gasteiger partial charge < -0.3 is 4.57 Å². The van der Waals surface area contributed by atoms with Crippen molar-refractivity contribution in [1.29, 1.82) is 0 Å². The van der Waals surface area contributed by atoms with Gasteiger partial charge in [0.1, 0.15) is 0 Å². The van der Waals surface area contributed by atoms with Crippen LogP contribution in [0.15, 0.2) is 71.2 Å². The van der Waals surface area contributed by atoms with E-state index in [4.69, 9.17) is 0 Å². The molecule has 3 aromatic rings. The van der Waals surface area contributed by atoms with Crippen LogP contribution < -0.4 is 15.9 Å². The topological polar surface area (TPSA) is 17.1 Å². The number of halogens is 1. The Balaban J connectivity index is 2.41. The Labute approximate surface area is 152 Å². The second-order valence-corrected chi connectivity index (χ2v) is 9.66. The summed E-state index contributed by atoms with van der Waals surface area (Å²) < 4.78 is 15.5. The van der Waals surface area contributed by atoms with Crippen molar-refractivity contribution in [3.8, 4) is 0 Å². The fraction of sp³-hybridized carbons (Fsp3) is 0.143. The number of aryl methyl sites for hydroxylation is 3. The zero-order chi connectivity index (χ0) is 17.3. The van der Waals surface area contributed by atoms with E-state index in [2.05, 4.69) is 15.9 Å². The summed E-state index contributed by atoms with van der Waals surface area (Å²) in [5.41, 5.74) is 3.25. The van der Waals surface area contributed by atoms with Crippen molar-refractivity contribution in [2.75, 3.05) is 0 Å². The van der Waals surface area contributed by atoms with Crippen molar-refractivity contribution in [3.63, 3.8) is 0 Å². The average molecular weight is 399 g/mol. The monoisotopic (exact) mass is 398 g/mol. The third-order valence-electron chi connectivity index (χ3n) is 4.35. The van der Waals surface area contributed by atoms with Crippen LogP contribution in [0.4, 0.5) is 0 Å². The van der Waals surface area contributed by atoms with Gasteiger partial charge in [-0.1, -0.05) is 54.6 Å². The van der Waals surface area contributed by atoms with Gasteiger partial charge in [-0.15, -0.1) is 0 Å². The minimum atomic E-state index is -2.96. The van der Waals surface area contributed by atoms with Crippen LogP contribution in [-0.4, -0.2) is 0 Å². The van der Waals surface area contributed by atoms with Crippen LogP contribution in [0.5, 0.6) is 0 Å². The Morgan fingerprint density at radius 1 is 0.708 bits per heavy atom. The first-order chi connectivity index (χ1) is 11.4. The SMILES string of the molecule is Cc1ccc(P(=O)(c2ccccc2C)c2ccccc2C)c(Br)c1. The summed E-state index contributed by atoms with van der Waals surface area (Å²) in [6.07, 6.45) is 0. The molecule has 0 unspecified atom stereocenters. The molecular formula is C21H20BrOP. The molecule has 3 heteroatoms. The highest BCUT2D eigenvalue weighted by Gasteiger charge is 2.33. The molecule has 0 heterocycles. The molecule has 1 nitrogen and oxygen atoms in total. The summed E-state index contributed by atoms with van der Waals surface area (Å²) in [5, 5.41) is 2.67. The molecule has 24 heavy (non-hydrogen) atoms. The third kappa shape index (κ3) is 2.90. The van der Waals surface area contributed by atoms with E-state index in [0.29, 0.717) is 0 Å². The van der Waals surface area contributed by atoms with Gasteiger partial charge in [0, 0.05) is 20.4 Å². The third-order valence-corrected chi connectivity index (χ3v) is 8.74. The normalized spacial score (nSPS) is 11.5. The van der Waals surface area contributed by atoms with Gasteiger partial charge in [-0.3, -0.25) is 0 Å². The number of hydrogen-bond acceptors (Lipinski definition) is 1. The van der Waals surface area contributed by atoms with Crippen LogP contribution in [0.25, 0.3) is 0 Å². The Hall–Kier alpha value is -1.63. The highest BCUT2D eigenvalue weighted by molar-refractivity contribution is 9.10. The summed E-state index contributed by atoms with van der Waals surface area (Å²) in [7, 11) is -2.96. The Bertz CT molecular complexity index is 897. The van der Waals surface area contributed by atoms with Crippen molar-refractivity contribution < 1.29 is 4.57 Å². The van der Waals surface area contributed by atoms with Gasteiger partial charge in [0.05, 0.1) is 0 Å². The minimum Gasteiger partial charge on any atom is -0.309 e. The first-order valence-electron chi connectivity index (χ1n) is 7.94. The molecule has 0 radical (unpaired) electrons. The number of benzene rings is 3. The summed E-state index contributed by atoms with van der Waals surface area (Å²) in [6, 6.07) is 22.0. The highest BCUT2D eigenvalue weighted by Crippen LogP contribution is 2.46. The fourth-order valence-electron chi connectivity index (χ4n) is 3.09. The van der Waals surface area contributed by atoms with Crippen molar-refractivity contribution in [3.05, 3.63) is 87.9 Å². The Morgan fingerprint density at radius 2 is 1.21 bits per heavy atom. The van der Waals surface area contributed by atoms with Gasteiger partial charge in [-0.25, -0.2) is 0 Å².